The van der Waals surface area contributed by atoms with E-state index in [9.17, 15) is 4.79 Å². The van der Waals surface area contributed by atoms with E-state index < -0.39 is 5.97 Å². The zero-order valence-electron chi connectivity index (χ0n) is 8.95. The van der Waals surface area contributed by atoms with E-state index in [1.807, 2.05) is 11.3 Å². The van der Waals surface area contributed by atoms with Gasteiger partial charge in [0.25, 0.3) is 0 Å². The van der Waals surface area contributed by atoms with Crippen LogP contribution in [0.1, 0.15) is 47.4 Å². The Morgan fingerprint density at radius 2 is 2.47 bits per heavy atom. The van der Waals surface area contributed by atoms with Crippen LogP contribution in [0.4, 0.5) is 0 Å². The summed E-state index contributed by atoms with van der Waals surface area (Å²) in [6.07, 6.45) is 4.70. The second kappa shape index (κ2) is 4.35. The van der Waals surface area contributed by atoms with Gasteiger partial charge in [-0.2, -0.15) is 0 Å². The van der Waals surface area contributed by atoms with Gasteiger partial charge in [-0.1, -0.05) is 6.92 Å². The number of carboxylic acids is 1. The third-order valence-corrected chi connectivity index (χ3v) is 4.41. The second-order valence-corrected chi connectivity index (χ2v) is 5.35. The van der Waals surface area contributed by atoms with Gasteiger partial charge < -0.3 is 5.11 Å². The van der Waals surface area contributed by atoms with Crippen molar-refractivity contribution in [3.05, 3.63) is 21.4 Å². The highest BCUT2D eigenvalue weighted by atomic mass is 32.1. The predicted molar refractivity (Wildman–Crippen MR) is 61.6 cm³/mol. The highest BCUT2D eigenvalue weighted by molar-refractivity contribution is 7.12. The second-order valence-electron chi connectivity index (χ2n) is 4.13. The van der Waals surface area contributed by atoms with Crippen LogP contribution in [0.15, 0.2) is 6.07 Å². The monoisotopic (exact) mass is 224 g/mol. The molecule has 0 amide bonds. The Labute approximate surface area is 93.9 Å². The molecule has 1 aliphatic rings. The lowest BCUT2D eigenvalue weighted by atomic mass is 9.85. The van der Waals surface area contributed by atoms with Gasteiger partial charge in [-0.05, 0) is 43.2 Å². The average molecular weight is 224 g/mol. The van der Waals surface area contributed by atoms with Crippen LogP contribution in [0.25, 0.3) is 0 Å². The van der Waals surface area contributed by atoms with Gasteiger partial charge in [-0.15, -0.1) is 11.3 Å². The minimum Gasteiger partial charge on any atom is -0.481 e. The maximum absolute atomic E-state index is 10.8. The van der Waals surface area contributed by atoms with Gasteiger partial charge >= 0.3 is 5.97 Å². The third-order valence-electron chi connectivity index (χ3n) is 3.06. The van der Waals surface area contributed by atoms with Crippen LogP contribution in [0, 0.1) is 0 Å². The van der Waals surface area contributed by atoms with Crippen LogP contribution < -0.4 is 0 Å². The average Bonchev–Trinajstić information content (AvgIpc) is 2.61. The molecule has 82 valence electrons. The fourth-order valence-corrected chi connectivity index (χ4v) is 3.54. The number of fused-ring (bicyclic) bond motifs is 1. The van der Waals surface area contributed by atoms with Crippen LogP contribution in [0.5, 0.6) is 0 Å². The van der Waals surface area contributed by atoms with Gasteiger partial charge in [-0.3, -0.25) is 4.79 Å². The van der Waals surface area contributed by atoms with E-state index in [-0.39, 0.29) is 5.92 Å². The van der Waals surface area contributed by atoms with E-state index >= 15 is 0 Å². The standard InChI is InChI=1S/C12H16O2S/c1-2-9-7-10-8(6-12(13)14)4-3-5-11(10)15-9/h7-8H,2-6H2,1H3,(H,13,14). The Kier molecular flexibility index (Phi) is 3.10. The molecule has 1 atom stereocenters. The van der Waals surface area contributed by atoms with Crippen molar-refractivity contribution in [3.63, 3.8) is 0 Å². The Hall–Kier alpha value is -0.830. The molecular formula is C12H16O2S. The first-order valence-corrected chi connectivity index (χ1v) is 6.35. The zero-order chi connectivity index (χ0) is 10.8. The molecule has 0 aromatic carbocycles. The summed E-state index contributed by atoms with van der Waals surface area (Å²) in [6, 6.07) is 2.23. The molecule has 0 radical (unpaired) electrons. The predicted octanol–water partition coefficient (Wildman–Crippen LogP) is 3.21. The summed E-state index contributed by atoms with van der Waals surface area (Å²) >= 11 is 1.87. The molecule has 1 aliphatic carbocycles. The molecule has 1 heterocycles. The maximum atomic E-state index is 10.8. The Morgan fingerprint density at radius 3 is 3.13 bits per heavy atom. The van der Waals surface area contributed by atoms with Crippen LogP contribution in [-0.2, 0) is 17.6 Å². The largest absolute Gasteiger partial charge is 0.481 e. The third kappa shape index (κ3) is 2.23. The Morgan fingerprint density at radius 1 is 1.67 bits per heavy atom. The SMILES string of the molecule is CCc1cc2c(s1)CCCC2CC(=O)O. The number of thiophene rings is 1. The summed E-state index contributed by atoms with van der Waals surface area (Å²) in [5, 5.41) is 8.86. The zero-order valence-corrected chi connectivity index (χ0v) is 9.77. The molecule has 0 aliphatic heterocycles. The van der Waals surface area contributed by atoms with Crippen LogP contribution >= 0.6 is 11.3 Å². The molecule has 15 heavy (non-hydrogen) atoms. The number of carboxylic acid groups (broad SMARTS) is 1. The van der Waals surface area contributed by atoms with E-state index in [0.717, 1.165) is 25.7 Å². The van der Waals surface area contributed by atoms with Gasteiger partial charge in [0.15, 0.2) is 0 Å². The molecular weight excluding hydrogens is 208 g/mol. The number of aliphatic carboxylic acids is 1. The van der Waals surface area contributed by atoms with Gasteiger partial charge in [0.05, 0.1) is 6.42 Å². The summed E-state index contributed by atoms with van der Waals surface area (Å²) < 4.78 is 0. The molecule has 1 N–H and O–H groups in total. The lowest BCUT2D eigenvalue weighted by Gasteiger charge is -2.20. The van der Waals surface area contributed by atoms with Gasteiger partial charge in [0.1, 0.15) is 0 Å². The summed E-state index contributed by atoms with van der Waals surface area (Å²) in [5.74, 6) is -0.403. The fourth-order valence-electron chi connectivity index (χ4n) is 2.30. The van der Waals surface area contributed by atoms with Crippen molar-refractivity contribution in [2.24, 2.45) is 0 Å². The number of rotatable bonds is 3. The first-order valence-electron chi connectivity index (χ1n) is 5.54. The van der Waals surface area contributed by atoms with Crippen LogP contribution in [-0.4, -0.2) is 11.1 Å². The molecule has 2 nitrogen and oxygen atoms in total. The van der Waals surface area contributed by atoms with Gasteiger partial charge in [0, 0.05) is 9.75 Å². The highest BCUT2D eigenvalue weighted by Crippen LogP contribution is 2.38. The minimum atomic E-state index is -0.669. The van der Waals surface area contributed by atoms with Gasteiger partial charge in [0.2, 0.25) is 0 Å². The smallest absolute Gasteiger partial charge is 0.303 e. The van der Waals surface area contributed by atoms with Crippen molar-refractivity contribution in [3.8, 4) is 0 Å². The molecule has 3 heteroatoms. The summed E-state index contributed by atoms with van der Waals surface area (Å²) in [4.78, 5) is 13.6. The van der Waals surface area contributed by atoms with Crippen molar-refractivity contribution < 1.29 is 9.90 Å². The fraction of sp³-hybridized carbons (Fsp3) is 0.583. The molecule has 0 saturated heterocycles. The lowest BCUT2D eigenvalue weighted by Crippen LogP contribution is -2.11. The topological polar surface area (TPSA) is 37.3 Å². The number of hydrogen-bond acceptors (Lipinski definition) is 2. The number of hydrogen-bond donors (Lipinski definition) is 1. The lowest BCUT2D eigenvalue weighted by molar-refractivity contribution is -0.137. The summed E-state index contributed by atoms with van der Waals surface area (Å²) in [6.45, 7) is 2.16. The first kappa shape index (κ1) is 10.7. The van der Waals surface area contributed by atoms with Crippen molar-refractivity contribution in [1.82, 2.24) is 0 Å². The Bertz CT molecular complexity index is 368. The summed E-state index contributed by atoms with van der Waals surface area (Å²) in [5.41, 5.74) is 1.32. The van der Waals surface area contributed by atoms with Crippen molar-refractivity contribution in [1.29, 1.82) is 0 Å². The molecule has 0 saturated carbocycles. The molecule has 1 aromatic rings. The normalized spacial score (nSPS) is 19.9. The molecule has 0 bridgehead atoms. The van der Waals surface area contributed by atoms with Crippen LogP contribution in [0.2, 0.25) is 0 Å². The molecule has 0 spiro atoms. The van der Waals surface area contributed by atoms with E-state index in [0.29, 0.717) is 6.42 Å². The Balaban J connectivity index is 2.24. The van der Waals surface area contributed by atoms with Crippen LogP contribution in [0.3, 0.4) is 0 Å². The minimum absolute atomic E-state index is 0.266. The maximum Gasteiger partial charge on any atom is 0.303 e. The van der Waals surface area contributed by atoms with E-state index in [1.165, 1.54) is 15.3 Å². The van der Waals surface area contributed by atoms with Gasteiger partial charge in [-0.25, -0.2) is 0 Å². The van der Waals surface area contributed by atoms with E-state index in [1.54, 1.807) is 0 Å². The van der Waals surface area contributed by atoms with Crippen molar-refractivity contribution in [2.45, 2.75) is 44.9 Å². The van der Waals surface area contributed by atoms with E-state index in [2.05, 4.69) is 13.0 Å². The van der Waals surface area contributed by atoms with Crippen molar-refractivity contribution in [2.75, 3.05) is 0 Å². The summed E-state index contributed by atoms with van der Waals surface area (Å²) in [7, 11) is 0. The first-order chi connectivity index (χ1) is 7.20. The molecule has 2 rings (SSSR count). The van der Waals surface area contributed by atoms with Crippen molar-refractivity contribution >= 4 is 17.3 Å². The number of aryl methyl sites for hydroxylation is 2. The quantitative estimate of drug-likeness (QED) is 0.856. The number of carbonyl (C=O) groups is 1. The molecule has 1 aromatic heterocycles. The molecule has 1 unspecified atom stereocenters. The molecule has 0 fully saturated rings. The van der Waals surface area contributed by atoms with E-state index in [4.69, 9.17) is 5.11 Å². The highest BCUT2D eigenvalue weighted by Gasteiger charge is 2.24.